The summed E-state index contributed by atoms with van der Waals surface area (Å²) in [5.74, 6) is -3.18. The molecule has 3 aliphatic rings. The topological polar surface area (TPSA) is 483 Å². The zero-order valence-electron chi connectivity index (χ0n) is 73.7. The summed E-state index contributed by atoms with van der Waals surface area (Å²) >= 11 is 0.250. The highest BCUT2D eigenvalue weighted by molar-refractivity contribution is 7.93. The zero-order valence-corrected chi connectivity index (χ0v) is 74.5. The van der Waals surface area contributed by atoms with Gasteiger partial charge in [-0.2, -0.15) is 14.4 Å². The summed E-state index contributed by atoms with van der Waals surface area (Å²) in [6.45, 7) is 24.7. The third kappa shape index (κ3) is 35.6. The number of hydrogen-bond donors (Lipinski definition) is 13. The Morgan fingerprint density at radius 1 is 0.444 bits per heavy atom. The van der Waals surface area contributed by atoms with Crippen molar-refractivity contribution in [3.63, 3.8) is 0 Å². The van der Waals surface area contributed by atoms with E-state index in [2.05, 4.69) is 74.9 Å². The Morgan fingerprint density at radius 3 is 0.992 bits per heavy atom. The molecule has 3 aromatic heterocycles. The fourth-order valence-electron chi connectivity index (χ4n) is 14.0. The number of nitrogens with two attached hydrogens (primary N) is 1. The molecule has 9 atom stereocenters. The number of aromatic nitrogens is 3. The number of primary amides is 1. The fraction of sp³-hybridized carbons (Fsp3) is 0.591. The van der Waals surface area contributed by atoms with Crippen LogP contribution < -0.4 is 67.8 Å². The minimum atomic E-state index is -1.04. The number of ether oxygens (including phenoxy) is 9. The second kappa shape index (κ2) is 52.2. The van der Waals surface area contributed by atoms with Crippen molar-refractivity contribution in [2.24, 2.45) is 39.7 Å². The van der Waals surface area contributed by atoms with Crippen LogP contribution >= 0.6 is 12.1 Å². The second-order valence-electron chi connectivity index (χ2n) is 34.0. The van der Waals surface area contributed by atoms with Crippen molar-refractivity contribution in [2.75, 3.05) is 127 Å². The SMILES string of the molecule is COCCOCCOc1cccc2[nH]c(C(=O)N[C@@H](CC(C)(C)C)C(=O)N[C@@H](C[C@@H]3CCCNC3=O)C(N)=O)cc12.COCCOCCOc1cccc2[nH]c(C(=O)N[C@@H](CC(C)(C)C)C(=O)N[C@H](C#N)CC3CCCNC3=O)cc12.COCCOCCOc1cccc2[nH]c(C(=O)N[C@@H](CC(C)(C)C)C(=O)N[C@H](C#N)CC3CCCNC3=O)cc12.CSF. The summed E-state index contributed by atoms with van der Waals surface area (Å²) in [7, 11) is 4.83. The van der Waals surface area contributed by atoms with Crippen LogP contribution in [0, 0.1) is 56.7 Å². The van der Waals surface area contributed by atoms with Crippen molar-refractivity contribution in [1.82, 2.24) is 62.8 Å². The summed E-state index contributed by atoms with van der Waals surface area (Å²) < 4.78 is 59.0. The van der Waals surface area contributed by atoms with Crippen molar-refractivity contribution in [1.29, 1.82) is 10.5 Å². The van der Waals surface area contributed by atoms with Crippen LogP contribution in [-0.4, -0.2) is 237 Å². The Bertz CT molecular complexity index is 4340. The predicted octanol–water partition coefficient (Wildman–Crippen LogP) is 8.20. The van der Waals surface area contributed by atoms with Crippen LogP contribution in [0.3, 0.4) is 0 Å². The van der Waals surface area contributed by atoms with E-state index in [1.807, 2.05) is 111 Å². The highest BCUT2D eigenvalue weighted by atomic mass is 32.2. The number of piperidine rings is 3. The number of halogens is 1. The molecule has 0 aliphatic carbocycles. The molecule has 682 valence electrons. The average molecular weight is 1750 g/mol. The van der Waals surface area contributed by atoms with Gasteiger partial charge in [0.15, 0.2) is 0 Å². The summed E-state index contributed by atoms with van der Waals surface area (Å²) in [6.07, 6.45) is 7.37. The zero-order chi connectivity index (χ0) is 90.9. The Hall–Kier alpha value is -10.6. The standard InChI is InChI=1S/C29H43N5O7.2C29H41N5O6.CH3FS/c1-29(2,3)17-23(28(38)33-21(25(30)35)15-18-7-6-10-31-26(18)36)34-27(37)22-16-19-20(32-22)8-5-9-24(19)41-14-13-40-12-11-39-4;2*1-29(2,3)17-24(28(37)32-20(18-30)15-19-7-6-10-31-26(19)35)34-27(36)23-16-21-22(33-23)8-5-9-25(21)40-14-13-39-12-11-38-4;1-3-2/h5,8-9,16,18,21,23,32H,6-7,10-15,17H2,1-4H3,(H2,30,35)(H,31,36)(H,33,38)(H,34,37);2*5,8-9,16,19-20,24,33H,6-7,10-15,17H2,1-4H3,(H,31,35)(H,32,37)(H,34,36);1H3/t18-,21-,23-;2*19?,20-,24-;/m000./s1. The predicted molar refractivity (Wildman–Crippen MR) is 467 cm³/mol. The van der Waals surface area contributed by atoms with E-state index < -0.39 is 83.5 Å². The van der Waals surface area contributed by atoms with E-state index >= 15 is 0 Å². The van der Waals surface area contributed by atoms with E-state index in [0.717, 1.165) is 41.1 Å². The molecule has 0 radical (unpaired) electrons. The highest BCUT2D eigenvalue weighted by Gasteiger charge is 2.37. The third-order valence-electron chi connectivity index (χ3n) is 20.0. The Kier molecular flexibility index (Phi) is 43.1. The lowest BCUT2D eigenvalue weighted by molar-refractivity contribution is -0.131. The van der Waals surface area contributed by atoms with Crippen molar-refractivity contribution in [3.8, 4) is 29.4 Å². The smallest absolute Gasteiger partial charge is 0.268 e. The lowest BCUT2D eigenvalue weighted by Crippen LogP contribution is -2.55. The number of methoxy groups -OCH3 is 3. The summed E-state index contributed by atoms with van der Waals surface area (Å²) in [5.41, 5.74) is 7.64. The number of benzene rings is 3. The maximum atomic E-state index is 13.4. The van der Waals surface area contributed by atoms with Gasteiger partial charge in [0.25, 0.3) is 17.7 Å². The molecule has 124 heavy (non-hydrogen) atoms. The number of carbonyl (C=O) groups is 10. The van der Waals surface area contributed by atoms with E-state index in [4.69, 9.17) is 48.4 Å². The van der Waals surface area contributed by atoms with Crippen LogP contribution in [0.1, 0.15) is 171 Å². The minimum Gasteiger partial charge on any atom is -0.490 e. The molecule has 3 fully saturated rings. The monoisotopic (exact) mass is 1750 g/mol. The first kappa shape index (κ1) is 102. The summed E-state index contributed by atoms with van der Waals surface area (Å²) in [6, 6.07) is 20.2. The number of H-pyrrole nitrogens is 3. The molecule has 34 nitrogen and oxygen atoms in total. The number of rotatable bonds is 43. The van der Waals surface area contributed by atoms with Gasteiger partial charge in [-0.15, -0.1) is 0 Å². The molecule has 2 unspecified atom stereocenters. The van der Waals surface area contributed by atoms with Crippen LogP contribution in [0.25, 0.3) is 32.7 Å². The van der Waals surface area contributed by atoms with Crippen molar-refractivity contribution >= 4 is 104 Å². The van der Waals surface area contributed by atoms with Crippen LogP contribution in [-0.2, 0) is 62.0 Å². The number of nitrogens with one attached hydrogen (secondary N) is 12. The van der Waals surface area contributed by atoms with Gasteiger partial charge in [-0.05, 0) is 148 Å². The van der Waals surface area contributed by atoms with E-state index in [1.54, 1.807) is 45.6 Å². The van der Waals surface area contributed by atoms with Crippen molar-refractivity contribution in [2.45, 2.75) is 176 Å². The van der Waals surface area contributed by atoms with Gasteiger partial charge in [-0.25, -0.2) is 0 Å². The van der Waals surface area contributed by atoms with E-state index in [1.165, 1.54) is 6.26 Å². The van der Waals surface area contributed by atoms with Crippen LogP contribution in [0.4, 0.5) is 3.89 Å². The molecule has 9 rings (SSSR count). The number of nitriles is 2. The van der Waals surface area contributed by atoms with E-state index in [0.29, 0.717) is 166 Å². The Labute approximate surface area is 729 Å². The molecule has 10 amide bonds. The molecule has 3 aromatic carbocycles. The Morgan fingerprint density at radius 2 is 0.726 bits per heavy atom. The maximum Gasteiger partial charge on any atom is 0.268 e. The fourth-order valence-corrected chi connectivity index (χ4v) is 14.0. The second-order valence-corrected chi connectivity index (χ2v) is 34.3. The van der Waals surface area contributed by atoms with Gasteiger partial charge in [0.05, 0.1) is 71.6 Å². The first-order valence-electron chi connectivity index (χ1n) is 42.0. The number of nitrogens with zero attached hydrogens (tertiary/aromatic N) is 2. The highest BCUT2D eigenvalue weighted by Crippen LogP contribution is 2.32. The number of amides is 10. The molecular formula is C88H128FN15O19S. The number of fused-ring (bicyclic) bond motifs is 3. The molecule has 0 saturated carbocycles. The van der Waals surface area contributed by atoms with Crippen LogP contribution in [0.15, 0.2) is 72.8 Å². The van der Waals surface area contributed by atoms with Gasteiger partial charge >= 0.3 is 0 Å². The van der Waals surface area contributed by atoms with Crippen LogP contribution in [0.5, 0.6) is 17.2 Å². The molecule has 0 spiro atoms. The normalized spacial score (nSPS) is 16.7. The van der Waals surface area contributed by atoms with E-state index in [9.17, 15) is 62.4 Å². The van der Waals surface area contributed by atoms with Crippen molar-refractivity contribution < 1.29 is 94.5 Å². The van der Waals surface area contributed by atoms with Gasteiger partial charge in [0.2, 0.25) is 41.4 Å². The molecule has 3 saturated heterocycles. The van der Waals surface area contributed by atoms with E-state index in [-0.39, 0.29) is 94.3 Å². The number of aromatic amines is 3. The van der Waals surface area contributed by atoms with Gasteiger partial charge in [-0.3, -0.25) is 47.9 Å². The molecule has 36 heteroatoms. The lowest BCUT2D eigenvalue weighted by atomic mass is 9.87. The summed E-state index contributed by atoms with van der Waals surface area (Å²) in [4.78, 5) is 138. The van der Waals surface area contributed by atoms with Crippen LogP contribution in [0.2, 0.25) is 0 Å². The summed E-state index contributed by atoms with van der Waals surface area (Å²) in [5, 5.41) is 46.6. The molecule has 6 aromatic rings. The molecule has 14 N–H and O–H groups in total. The first-order chi connectivity index (χ1) is 59.1. The average Bonchev–Trinajstić information content (AvgIpc) is 1.67. The van der Waals surface area contributed by atoms with Gasteiger partial charge in [0.1, 0.15) is 90.4 Å². The molecule has 3 aliphatic heterocycles. The Balaban J connectivity index is 0.000000283. The largest absolute Gasteiger partial charge is 0.490 e. The quantitative estimate of drug-likeness (QED) is 0.0160. The molecule has 0 bridgehead atoms. The van der Waals surface area contributed by atoms with Gasteiger partial charge < -0.3 is 111 Å². The lowest BCUT2D eigenvalue weighted by Gasteiger charge is -2.29. The number of carbonyl (C=O) groups excluding carboxylic acids is 10. The van der Waals surface area contributed by atoms with Gasteiger partial charge in [0, 0.05) is 110 Å². The maximum absolute atomic E-state index is 13.4. The van der Waals surface area contributed by atoms with Gasteiger partial charge in [-0.1, -0.05) is 80.5 Å². The first-order valence-corrected chi connectivity index (χ1v) is 43.1. The molecule has 6 heterocycles. The number of hydrogen-bond acceptors (Lipinski definition) is 22. The van der Waals surface area contributed by atoms with Crippen molar-refractivity contribution in [3.05, 3.63) is 89.9 Å². The minimum absolute atomic E-state index is 0.0962. The third-order valence-corrected chi connectivity index (χ3v) is 20.0. The molecular weight excluding hydrogens is 1620 g/mol.